The lowest BCUT2D eigenvalue weighted by molar-refractivity contribution is -0.0384. The third-order valence-corrected chi connectivity index (χ3v) is 9.18. The molecule has 6 atom stereocenters. The van der Waals surface area contributed by atoms with Crippen molar-refractivity contribution in [3.05, 3.63) is 34.9 Å². The summed E-state index contributed by atoms with van der Waals surface area (Å²) in [5, 5.41) is 52.9. The van der Waals surface area contributed by atoms with Gasteiger partial charge in [-0.1, -0.05) is 0 Å². The number of fused-ring (bicyclic) bond motifs is 2. The van der Waals surface area contributed by atoms with Crippen LogP contribution in [0, 0.1) is 0 Å². The van der Waals surface area contributed by atoms with Crippen LogP contribution in [0.5, 0.6) is 0 Å². The number of hydrogen-bond donors (Lipinski definition) is 4. The summed E-state index contributed by atoms with van der Waals surface area (Å²) >= 11 is 12.6. The Hall–Kier alpha value is -4.74. The largest absolute Gasteiger partial charge is 0.387 e. The zero-order valence-electron chi connectivity index (χ0n) is 27.9. The molecule has 6 aromatic heterocycles. The molecular weight excluding hydrogens is 723 g/mol. The zero-order valence-corrected chi connectivity index (χ0v) is 29.4. The molecular formula is C28H34Cl2N18O4. The minimum atomic E-state index is -1.32. The van der Waals surface area contributed by atoms with E-state index in [1.165, 1.54) is 20.5 Å². The maximum absolute atomic E-state index is 10.9. The van der Waals surface area contributed by atoms with E-state index in [-0.39, 0.29) is 28.7 Å². The number of aliphatic hydroxyl groups is 2. The van der Waals surface area contributed by atoms with E-state index >= 15 is 0 Å². The van der Waals surface area contributed by atoms with E-state index in [0.717, 1.165) is 25.7 Å². The van der Waals surface area contributed by atoms with Crippen molar-refractivity contribution in [2.24, 2.45) is 0 Å². The second kappa shape index (κ2) is 14.4. The van der Waals surface area contributed by atoms with E-state index in [0.29, 0.717) is 66.0 Å². The lowest BCUT2D eigenvalue weighted by Crippen LogP contribution is -2.29. The van der Waals surface area contributed by atoms with Crippen LogP contribution in [0.2, 0.25) is 10.6 Å². The smallest absolute Gasteiger partial charge is 0.226 e. The first-order chi connectivity index (χ1) is 25.3. The molecule has 0 aromatic carbocycles. The minimum absolute atomic E-state index is 0.0286. The molecule has 0 unspecified atom stereocenters. The summed E-state index contributed by atoms with van der Waals surface area (Å²) in [5.74, 6) is 1.65. The third kappa shape index (κ3) is 6.45. The number of unbranched alkanes of at least 4 members (excludes halogenated alkanes) is 1. The van der Waals surface area contributed by atoms with Crippen LogP contribution in [-0.4, -0.2) is 115 Å². The average molecular weight is 758 g/mol. The maximum Gasteiger partial charge on any atom is 0.226 e. The van der Waals surface area contributed by atoms with Crippen LogP contribution >= 0.6 is 23.2 Å². The van der Waals surface area contributed by atoms with Gasteiger partial charge < -0.3 is 30.3 Å². The molecule has 2 fully saturated rings. The molecule has 0 spiro atoms. The maximum atomic E-state index is 10.9. The van der Waals surface area contributed by atoms with E-state index in [4.69, 9.17) is 32.7 Å². The molecule has 2 saturated heterocycles. The number of aromatic nitrogens is 16. The highest BCUT2D eigenvalue weighted by Crippen LogP contribution is 2.40. The Morgan fingerprint density at radius 2 is 1.33 bits per heavy atom. The Morgan fingerprint density at radius 3 is 1.94 bits per heavy atom. The van der Waals surface area contributed by atoms with Gasteiger partial charge in [-0.05, 0) is 73.2 Å². The molecule has 0 radical (unpaired) electrons. The summed E-state index contributed by atoms with van der Waals surface area (Å²) in [6.45, 7) is 6.04. The Bertz CT molecular complexity index is 2190. The fourth-order valence-corrected chi connectivity index (χ4v) is 6.55. The Labute approximate surface area is 303 Å². The SMILES string of the molecule is CCn1nnc([C@@H]2CC[C@H](n3cnc4c(NCCCCNc5nc(Cl)nc6c5ncn6[C@@H]5O[C@H](c6nnn(CC)n6)[C@@H](O)[C@H]5O)nc(Cl)nc43)O2)n1. The van der Waals surface area contributed by atoms with Crippen molar-refractivity contribution in [1.82, 2.24) is 79.5 Å². The fourth-order valence-electron chi connectivity index (χ4n) is 6.23. The molecule has 0 bridgehead atoms. The van der Waals surface area contributed by atoms with Crippen molar-refractivity contribution < 1.29 is 19.7 Å². The quantitative estimate of drug-likeness (QED) is 0.0964. The molecule has 274 valence electrons. The predicted octanol–water partition coefficient (Wildman–Crippen LogP) is 1.63. The van der Waals surface area contributed by atoms with Gasteiger partial charge in [-0.2, -0.15) is 29.5 Å². The number of imidazole rings is 2. The van der Waals surface area contributed by atoms with Crippen LogP contribution in [0.1, 0.15) is 75.8 Å². The van der Waals surface area contributed by atoms with Crippen molar-refractivity contribution in [3.63, 3.8) is 0 Å². The van der Waals surface area contributed by atoms with Crippen LogP contribution in [0.3, 0.4) is 0 Å². The van der Waals surface area contributed by atoms with Gasteiger partial charge in [0.25, 0.3) is 0 Å². The molecule has 2 aliphatic heterocycles. The average Bonchev–Trinajstić information content (AvgIpc) is 3.99. The summed E-state index contributed by atoms with van der Waals surface area (Å²) in [5.41, 5.74) is 1.87. The van der Waals surface area contributed by atoms with Crippen molar-refractivity contribution in [2.45, 2.75) is 89.5 Å². The predicted molar refractivity (Wildman–Crippen MR) is 181 cm³/mol. The lowest BCUT2D eigenvalue weighted by atomic mass is 10.1. The van der Waals surface area contributed by atoms with Crippen molar-refractivity contribution >= 4 is 57.2 Å². The number of aliphatic hydroxyl groups excluding tert-OH is 2. The highest BCUT2D eigenvalue weighted by atomic mass is 35.5. The normalized spacial score (nSPS) is 23.3. The number of hydrogen-bond acceptors (Lipinski definition) is 18. The first-order valence-corrected chi connectivity index (χ1v) is 17.6. The molecule has 8 rings (SSSR count). The van der Waals surface area contributed by atoms with Crippen LogP contribution < -0.4 is 10.6 Å². The van der Waals surface area contributed by atoms with E-state index in [1.54, 1.807) is 6.33 Å². The topological polar surface area (TPSA) is 257 Å². The number of halogens is 2. The van der Waals surface area contributed by atoms with Crippen molar-refractivity contribution in [3.8, 4) is 0 Å². The number of tetrazole rings is 2. The van der Waals surface area contributed by atoms with Gasteiger partial charge in [0.05, 0.1) is 25.7 Å². The zero-order chi connectivity index (χ0) is 35.9. The van der Waals surface area contributed by atoms with Gasteiger partial charge in [-0.25, -0.2) is 9.97 Å². The highest BCUT2D eigenvalue weighted by molar-refractivity contribution is 6.29. The van der Waals surface area contributed by atoms with Gasteiger partial charge in [-0.15, -0.1) is 20.4 Å². The molecule has 0 aliphatic carbocycles. The Morgan fingerprint density at radius 1 is 0.750 bits per heavy atom. The standard InChI is InChI=1S/C28H34Cl2N18O4/c1-3-47-41-20(39-43-47)13-7-8-14(51-13)45-11-33-15-21(35-27(29)37-24(15)45)31-9-5-6-10-32-22-16-25(38-28(30)36-22)46(12-34-16)26-18(50)17(49)19(52-26)23-40-44-48(4-2)42-23/h11-14,17-19,26,49-50H,3-10H2,1-2H3,(H,31,35,37)(H,32,36,38)/t13-,14+,17-,18+,19-,26+/m0/s1. The summed E-state index contributed by atoms with van der Waals surface area (Å²) < 4.78 is 15.6. The van der Waals surface area contributed by atoms with Gasteiger partial charge in [0.1, 0.15) is 24.5 Å². The Balaban J connectivity index is 0.878. The molecule has 2 aliphatic rings. The van der Waals surface area contributed by atoms with Gasteiger partial charge in [0.2, 0.25) is 22.2 Å². The fraction of sp³-hybridized carbons (Fsp3) is 0.571. The Kier molecular flexibility index (Phi) is 9.48. The molecule has 0 saturated carbocycles. The van der Waals surface area contributed by atoms with E-state index < -0.39 is 24.5 Å². The van der Waals surface area contributed by atoms with Gasteiger partial charge in [0.15, 0.2) is 46.3 Å². The van der Waals surface area contributed by atoms with Crippen molar-refractivity contribution in [1.29, 1.82) is 0 Å². The number of nitrogens with one attached hydrogen (secondary N) is 2. The van der Waals surface area contributed by atoms with Crippen LogP contribution in [0.15, 0.2) is 12.7 Å². The van der Waals surface area contributed by atoms with E-state index in [2.05, 4.69) is 71.4 Å². The van der Waals surface area contributed by atoms with Crippen LogP contribution in [-0.2, 0) is 22.6 Å². The third-order valence-electron chi connectivity index (χ3n) is 8.84. The molecule has 22 nitrogen and oxygen atoms in total. The number of nitrogens with zero attached hydrogens (tertiary/aromatic N) is 16. The number of aryl methyl sites for hydroxylation is 2. The number of rotatable bonds is 13. The molecule has 0 amide bonds. The van der Waals surface area contributed by atoms with Crippen LogP contribution in [0.25, 0.3) is 22.3 Å². The van der Waals surface area contributed by atoms with Gasteiger partial charge in [-0.3, -0.25) is 9.13 Å². The van der Waals surface area contributed by atoms with Gasteiger partial charge in [0, 0.05) is 13.1 Å². The summed E-state index contributed by atoms with van der Waals surface area (Å²) in [6.07, 6.45) is 0.826. The second-order valence-electron chi connectivity index (χ2n) is 12.1. The highest BCUT2D eigenvalue weighted by Gasteiger charge is 2.47. The summed E-state index contributed by atoms with van der Waals surface area (Å²) in [4.78, 5) is 29.4. The molecule has 24 heteroatoms. The second-order valence-corrected chi connectivity index (χ2v) is 12.8. The van der Waals surface area contributed by atoms with Crippen LogP contribution in [0.4, 0.5) is 11.6 Å². The number of ether oxygens (including phenoxy) is 2. The molecule has 8 heterocycles. The van der Waals surface area contributed by atoms with Crippen molar-refractivity contribution in [2.75, 3.05) is 23.7 Å². The first-order valence-electron chi connectivity index (χ1n) is 16.8. The molecule has 52 heavy (non-hydrogen) atoms. The molecule has 4 N–H and O–H groups in total. The summed E-state index contributed by atoms with van der Waals surface area (Å²) in [6, 6.07) is 0. The monoisotopic (exact) mass is 756 g/mol. The van der Waals surface area contributed by atoms with E-state index in [9.17, 15) is 10.2 Å². The lowest BCUT2D eigenvalue weighted by Gasteiger charge is -2.16. The number of anilines is 2. The minimum Gasteiger partial charge on any atom is -0.387 e. The first kappa shape index (κ1) is 34.4. The molecule has 6 aromatic rings. The van der Waals surface area contributed by atoms with E-state index in [1.807, 2.05) is 18.4 Å². The van der Waals surface area contributed by atoms with Gasteiger partial charge >= 0.3 is 0 Å². The summed E-state index contributed by atoms with van der Waals surface area (Å²) in [7, 11) is 0.